The van der Waals surface area contributed by atoms with Crippen LogP contribution in [-0.2, 0) is 5.41 Å². The van der Waals surface area contributed by atoms with Gasteiger partial charge in [0.1, 0.15) is 0 Å². The van der Waals surface area contributed by atoms with Gasteiger partial charge in [0, 0.05) is 6.42 Å². The predicted molar refractivity (Wildman–Crippen MR) is 62.7 cm³/mol. The monoisotopic (exact) mass is 245 g/mol. The van der Waals surface area contributed by atoms with Crippen LogP contribution in [0.5, 0.6) is 0 Å². The molecule has 0 aliphatic carbocycles. The van der Waals surface area contributed by atoms with E-state index in [1.54, 1.807) is 0 Å². The number of hydrogen-bond acceptors (Lipinski definition) is 1. The fourth-order valence-electron chi connectivity index (χ4n) is 2.02. The zero-order valence-corrected chi connectivity index (χ0v) is 10.1. The van der Waals surface area contributed by atoms with Crippen molar-refractivity contribution < 1.29 is 13.2 Å². The standard InChI is InChI=1S/C13H18F3N/c1-12(2,10-6-4-3-5-7-10)11(9-17)8-13(14,15)16/h3-7,11H,8-9,17H2,1-2H3. The van der Waals surface area contributed by atoms with Gasteiger partial charge in [0.15, 0.2) is 0 Å². The molecule has 1 unspecified atom stereocenters. The molecule has 2 N–H and O–H groups in total. The van der Waals surface area contributed by atoms with E-state index in [-0.39, 0.29) is 6.54 Å². The molecule has 1 aromatic rings. The quantitative estimate of drug-likeness (QED) is 0.863. The van der Waals surface area contributed by atoms with Gasteiger partial charge in [-0.15, -0.1) is 0 Å². The second-order valence-corrected chi connectivity index (χ2v) is 4.84. The highest BCUT2D eigenvalue weighted by Crippen LogP contribution is 2.37. The largest absolute Gasteiger partial charge is 0.389 e. The van der Waals surface area contributed by atoms with Gasteiger partial charge >= 0.3 is 6.18 Å². The van der Waals surface area contributed by atoms with Crippen LogP contribution in [0.15, 0.2) is 30.3 Å². The minimum Gasteiger partial charge on any atom is -0.330 e. The average Bonchev–Trinajstić information content (AvgIpc) is 2.25. The van der Waals surface area contributed by atoms with Gasteiger partial charge in [-0.1, -0.05) is 44.2 Å². The molecular weight excluding hydrogens is 227 g/mol. The first kappa shape index (κ1) is 14.0. The molecule has 1 atom stereocenters. The van der Waals surface area contributed by atoms with Crippen LogP contribution >= 0.6 is 0 Å². The summed E-state index contributed by atoms with van der Waals surface area (Å²) in [6.45, 7) is 3.65. The second-order valence-electron chi connectivity index (χ2n) is 4.84. The van der Waals surface area contributed by atoms with Gasteiger partial charge in [-0.2, -0.15) is 13.2 Å². The van der Waals surface area contributed by atoms with E-state index in [1.165, 1.54) is 0 Å². The lowest BCUT2D eigenvalue weighted by molar-refractivity contribution is -0.148. The smallest absolute Gasteiger partial charge is 0.330 e. The molecule has 0 aromatic heterocycles. The molecular formula is C13H18F3N. The SMILES string of the molecule is CC(C)(c1ccccc1)C(CN)CC(F)(F)F. The van der Waals surface area contributed by atoms with Crippen molar-refractivity contribution in [3.8, 4) is 0 Å². The van der Waals surface area contributed by atoms with Gasteiger partial charge in [0.25, 0.3) is 0 Å². The Morgan fingerprint density at radius 3 is 2.06 bits per heavy atom. The summed E-state index contributed by atoms with van der Waals surface area (Å²) >= 11 is 0. The Morgan fingerprint density at radius 2 is 1.65 bits per heavy atom. The number of benzene rings is 1. The van der Waals surface area contributed by atoms with E-state index >= 15 is 0 Å². The number of alkyl halides is 3. The molecule has 0 bridgehead atoms. The summed E-state index contributed by atoms with van der Waals surface area (Å²) in [5, 5.41) is 0. The third-order valence-electron chi connectivity index (χ3n) is 3.30. The number of halogens is 3. The van der Waals surface area contributed by atoms with Gasteiger partial charge in [0.05, 0.1) is 0 Å². The Bertz CT molecular complexity index is 343. The first-order valence-electron chi connectivity index (χ1n) is 5.59. The van der Waals surface area contributed by atoms with Crippen LogP contribution in [0.25, 0.3) is 0 Å². The minimum atomic E-state index is -4.17. The van der Waals surface area contributed by atoms with E-state index < -0.39 is 23.9 Å². The van der Waals surface area contributed by atoms with Gasteiger partial charge in [0.2, 0.25) is 0 Å². The molecule has 0 aliphatic heterocycles. The Balaban J connectivity index is 2.94. The number of rotatable bonds is 4. The summed E-state index contributed by atoms with van der Waals surface area (Å²) in [5.74, 6) is -0.607. The molecule has 0 fully saturated rings. The van der Waals surface area contributed by atoms with Crippen LogP contribution in [0.1, 0.15) is 25.8 Å². The molecule has 1 aromatic carbocycles. The van der Waals surface area contributed by atoms with Gasteiger partial charge < -0.3 is 5.73 Å². The summed E-state index contributed by atoms with van der Waals surface area (Å²) in [6, 6.07) is 9.20. The summed E-state index contributed by atoms with van der Waals surface area (Å²) < 4.78 is 37.4. The zero-order chi connectivity index (χ0) is 13.1. The third-order valence-corrected chi connectivity index (χ3v) is 3.30. The Morgan fingerprint density at radius 1 is 1.12 bits per heavy atom. The van der Waals surface area contributed by atoms with Crippen molar-refractivity contribution in [2.75, 3.05) is 6.54 Å². The van der Waals surface area contributed by atoms with Crippen molar-refractivity contribution in [1.82, 2.24) is 0 Å². The van der Waals surface area contributed by atoms with E-state index in [1.807, 2.05) is 44.2 Å². The highest BCUT2D eigenvalue weighted by atomic mass is 19.4. The van der Waals surface area contributed by atoms with Crippen LogP contribution in [0.4, 0.5) is 13.2 Å². The lowest BCUT2D eigenvalue weighted by Crippen LogP contribution is -2.37. The Hall–Kier alpha value is -1.03. The van der Waals surface area contributed by atoms with Crippen LogP contribution < -0.4 is 5.73 Å². The van der Waals surface area contributed by atoms with E-state index in [4.69, 9.17) is 5.73 Å². The van der Waals surface area contributed by atoms with Crippen LogP contribution in [0.2, 0.25) is 0 Å². The van der Waals surface area contributed by atoms with E-state index in [0.717, 1.165) is 5.56 Å². The molecule has 96 valence electrons. The average molecular weight is 245 g/mol. The molecule has 1 rings (SSSR count). The van der Waals surface area contributed by atoms with Crippen molar-refractivity contribution in [2.24, 2.45) is 11.7 Å². The lowest BCUT2D eigenvalue weighted by atomic mass is 9.72. The third kappa shape index (κ3) is 3.73. The zero-order valence-electron chi connectivity index (χ0n) is 10.1. The van der Waals surface area contributed by atoms with Crippen molar-refractivity contribution in [3.63, 3.8) is 0 Å². The molecule has 17 heavy (non-hydrogen) atoms. The molecule has 4 heteroatoms. The van der Waals surface area contributed by atoms with Crippen molar-refractivity contribution in [1.29, 1.82) is 0 Å². The fraction of sp³-hybridized carbons (Fsp3) is 0.538. The van der Waals surface area contributed by atoms with Crippen molar-refractivity contribution in [2.45, 2.75) is 31.9 Å². The maximum Gasteiger partial charge on any atom is 0.389 e. The van der Waals surface area contributed by atoms with E-state index in [9.17, 15) is 13.2 Å². The van der Waals surface area contributed by atoms with E-state index in [2.05, 4.69) is 0 Å². The predicted octanol–water partition coefficient (Wildman–Crippen LogP) is 3.49. The lowest BCUT2D eigenvalue weighted by Gasteiger charge is -2.34. The maximum absolute atomic E-state index is 12.5. The summed E-state index contributed by atoms with van der Waals surface area (Å²) in [5.41, 5.74) is 5.81. The molecule has 0 aliphatic rings. The summed E-state index contributed by atoms with van der Waals surface area (Å²) in [6.07, 6.45) is -5.01. The molecule has 0 radical (unpaired) electrons. The summed E-state index contributed by atoms with van der Waals surface area (Å²) in [7, 11) is 0. The first-order chi connectivity index (χ1) is 7.77. The second kappa shape index (κ2) is 5.08. The molecule has 0 amide bonds. The van der Waals surface area contributed by atoms with Crippen LogP contribution in [-0.4, -0.2) is 12.7 Å². The topological polar surface area (TPSA) is 26.0 Å². The van der Waals surface area contributed by atoms with Crippen molar-refractivity contribution >= 4 is 0 Å². The van der Waals surface area contributed by atoms with Gasteiger partial charge in [-0.05, 0) is 23.4 Å². The normalized spacial score (nSPS) is 14.7. The highest BCUT2D eigenvalue weighted by Gasteiger charge is 2.39. The number of hydrogen-bond donors (Lipinski definition) is 1. The van der Waals surface area contributed by atoms with Crippen LogP contribution in [0.3, 0.4) is 0 Å². The first-order valence-corrected chi connectivity index (χ1v) is 5.59. The molecule has 0 heterocycles. The Kier molecular flexibility index (Phi) is 4.20. The number of nitrogens with two attached hydrogens (primary N) is 1. The van der Waals surface area contributed by atoms with Gasteiger partial charge in [-0.3, -0.25) is 0 Å². The maximum atomic E-state index is 12.5. The highest BCUT2D eigenvalue weighted by molar-refractivity contribution is 5.24. The molecule has 0 saturated heterocycles. The molecule has 1 nitrogen and oxygen atoms in total. The molecule has 0 saturated carbocycles. The van der Waals surface area contributed by atoms with Crippen molar-refractivity contribution in [3.05, 3.63) is 35.9 Å². The van der Waals surface area contributed by atoms with Gasteiger partial charge in [-0.25, -0.2) is 0 Å². The van der Waals surface area contributed by atoms with E-state index in [0.29, 0.717) is 0 Å². The fourth-order valence-corrected chi connectivity index (χ4v) is 2.02. The van der Waals surface area contributed by atoms with Crippen LogP contribution in [0, 0.1) is 5.92 Å². The Labute approximate surface area is 99.8 Å². The minimum absolute atomic E-state index is 0.0292. The molecule has 0 spiro atoms. The summed E-state index contributed by atoms with van der Waals surface area (Å²) in [4.78, 5) is 0.